The van der Waals surface area contributed by atoms with Crippen molar-refractivity contribution in [3.05, 3.63) is 0 Å². The predicted molar refractivity (Wildman–Crippen MR) is 57.4 cm³/mol. The Bertz CT molecular complexity index is 173. The monoisotopic (exact) mass is 183 g/mol. The Morgan fingerprint density at radius 2 is 1.85 bits per heavy atom. The maximum Gasteiger partial charge on any atom is 0.138 e. The molecular formula is C11H21NO. The zero-order chi connectivity index (χ0) is 10.1. The Kier molecular flexibility index (Phi) is 7.56. The van der Waals surface area contributed by atoms with Crippen LogP contribution < -0.4 is 0 Å². The summed E-state index contributed by atoms with van der Waals surface area (Å²) in [7, 11) is 0. The number of carbonyl (C=O) groups is 1. The molecule has 0 spiro atoms. The van der Waals surface area contributed by atoms with E-state index in [-0.39, 0.29) is 0 Å². The van der Waals surface area contributed by atoms with Crippen LogP contribution in [0.1, 0.15) is 52.9 Å². The first kappa shape index (κ1) is 12.3. The molecule has 0 rings (SSSR count). The minimum atomic E-state index is 0.303. The normalized spacial score (nSPS) is 11.8. The van der Waals surface area contributed by atoms with Crippen molar-refractivity contribution in [1.29, 1.82) is 0 Å². The van der Waals surface area contributed by atoms with E-state index in [2.05, 4.69) is 18.8 Å². The van der Waals surface area contributed by atoms with E-state index in [1.54, 1.807) is 0 Å². The molecule has 0 N–H and O–H groups in total. The van der Waals surface area contributed by atoms with E-state index < -0.39 is 0 Å². The van der Waals surface area contributed by atoms with E-state index in [4.69, 9.17) is 0 Å². The molecule has 0 aliphatic heterocycles. The molecule has 0 heterocycles. The predicted octanol–water partition coefficient (Wildman–Crippen LogP) is 3.01. The molecule has 0 aliphatic carbocycles. The highest BCUT2D eigenvalue weighted by Crippen LogP contribution is 1.99. The van der Waals surface area contributed by atoms with Gasteiger partial charge in [-0.3, -0.25) is 9.79 Å². The highest BCUT2D eigenvalue weighted by molar-refractivity contribution is 6.01. The van der Waals surface area contributed by atoms with Gasteiger partial charge in [-0.1, -0.05) is 27.2 Å². The fourth-order valence-electron chi connectivity index (χ4n) is 1.04. The van der Waals surface area contributed by atoms with Crippen LogP contribution >= 0.6 is 0 Å². The lowest BCUT2D eigenvalue weighted by atomic mass is 10.1. The van der Waals surface area contributed by atoms with Crippen LogP contribution in [0.4, 0.5) is 0 Å². The van der Waals surface area contributed by atoms with Gasteiger partial charge in [0.25, 0.3) is 0 Å². The Labute approximate surface area is 81.4 Å². The van der Waals surface area contributed by atoms with Crippen LogP contribution in [0.15, 0.2) is 4.99 Å². The van der Waals surface area contributed by atoms with Crippen LogP contribution in [0.25, 0.3) is 0 Å². The summed E-state index contributed by atoms with van der Waals surface area (Å²) in [6, 6.07) is 0. The van der Waals surface area contributed by atoms with E-state index >= 15 is 0 Å². The molecule has 2 nitrogen and oxygen atoms in total. The van der Waals surface area contributed by atoms with Crippen LogP contribution in [0, 0.1) is 0 Å². The van der Waals surface area contributed by atoms with Crippen molar-refractivity contribution >= 4 is 11.5 Å². The van der Waals surface area contributed by atoms with Gasteiger partial charge in [-0.25, -0.2) is 0 Å². The molecule has 2 heteroatoms. The summed E-state index contributed by atoms with van der Waals surface area (Å²) in [6.07, 6.45) is 4.41. The summed E-state index contributed by atoms with van der Waals surface area (Å²) >= 11 is 0. The summed E-state index contributed by atoms with van der Waals surface area (Å²) in [5.74, 6) is 0.303. The van der Waals surface area contributed by atoms with Crippen LogP contribution in [0.2, 0.25) is 0 Å². The number of carbonyl (C=O) groups excluding carboxylic acids is 1. The van der Waals surface area contributed by atoms with E-state index in [9.17, 15) is 4.79 Å². The molecule has 0 radical (unpaired) electrons. The zero-order valence-electron chi connectivity index (χ0n) is 9.10. The first-order valence-corrected chi connectivity index (χ1v) is 5.28. The lowest BCUT2D eigenvalue weighted by Gasteiger charge is -2.01. The minimum Gasteiger partial charge on any atom is -0.299 e. The number of nitrogens with zero attached hydrogens (tertiary/aromatic N) is 1. The Morgan fingerprint density at radius 1 is 1.15 bits per heavy atom. The molecule has 0 amide bonds. The minimum absolute atomic E-state index is 0.303. The van der Waals surface area contributed by atoms with Crippen molar-refractivity contribution in [3.63, 3.8) is 0 Å². The smallest absolute Gasteiger partial charge is 0.138 e. The van der Waals surface area contributed by atoms with Crippen LogP contribution in [-0.2, 0) is 4.79 Å². The highest BCUT2D eigenvalue weighted by atomic mass is 16.1. The van der Waals surface area contributed by atoms with Crippen LogP contribution in [-0.4, -0.2) is 18.0 Å². The topological polar surface area (TPSA) is 29.4 Å². The Morgan fingerprint density at radius 3 is 2.31 bits per heavy atom. The number of Topliss-reactive ketones (excluding diaryl/α,β-unsaturated/α-hetero) is 1. The van der Waals surface area contributed by atoms with Crippen molar-refractivity contribution < 1.29 is 4.79 Å². The largest absolute Gasteiger partial charge is 0.299 e. The van der Waals surface area contributed by atoms with Gasteiger partial charge in [0, 0.05) is 25.1 Å². The lowest BCUT2D eigenvalue weighted by Crippen LogP contribution is -2.06. The highest BCUT2D eigenvalue weighted by Gasteiger charge is 2.02. The molecule has 0 aromatic heterocycles. The fourth-order valence-corrected chi connectivity index (χ4v) is 1.04. The van der Waals surface area contributed by atoms with Crippen molar-refractivity contribution in [2.75, 3.05) is 6.54 Å². The van der Waals surface area contributed by atoms with E-state index in [0.717, 1.165) is 25.1 Å². The molecule has 13 heavy (non-hydrogen) atoms. The number of ketones is 1. The van der Waals surface area contributed by atoms with Gasteiger partial charge in [0.15, 0.2) is 0 Å². The summed E-state index contributed by atoms with van der Waals surface area (Å²) in [5, 5.41) is 0. The average Bonchev–Trinajstić information content (AvgIpc) is 2.16. The van der Waals surface area contributed by atoms with Crippen LogP contribution in [0.5, 0.6) is 0 Å². The fraction of sp³-hybridized carbons (Fsp3) is 0.818. The molecule has 0 bridgehead atoms. The molecular weight excluding hydrogens is 162 g/mol. The number of rotatable bonds is 7. The van der Waals surface area contributed by atoms with Crippen molar-refractivity contribution in [2.45, 2.75) is 52.9 Å². The van der Waals surface area contributed by atoms with E-state index in [0.29, 0.717) is 18.6 Å². The third kappa shape index (κ3) is 6.50. The second-order valence-electron chi connectivity index (χ2n) is 3.22. The van der Waals surface area contributed by atoms with Gasteiger partial charge >= 0.3 is 0 Å². The quantitative estimate of drug-likeness (QED) is 0.440. The standard InChI is InChI=1S/C11H21NO/c1-4-7-8-12-10(5-2)9-11(13)6-3/h4-9H2,1-3H3/b12-10-. The van der Waals surface area contributed by atoms with Gasteiger partial charge in [0.1, 0.15) is 5.78 Å². The maximum absolute atomic E-state index is 11.1. The molecule has 0 saturated carbocycles. The molecule has 0 aromatic rings. The van der Waals surface area contributed by atoms with Gasteiger partial charge in [0.05, 0.1) is 0 Å². The lowest BCUT2D eigenvalue weighted by molar-refractivity contribution is -0.117. The number of aliphatic imine (C=N–C) groups is 1. The van der Waals surface area contributed by atoms with E-state index in [1.807, 2.05) is 6.92 Å². The Hall–Kier alpha value is -0.660. The summed E-state index contributed by atoms with van der Waals surface area (Å²) in [5.41, 5.74) is 1.07. The second-order valence-corrected chi connectivity index (χ2v) is 3.22. The molecule has 0 aromatic carbocycles. The third-order valence-corrected chi connectivity index (χ3v) is 2.05. The summed E-state index contributed by atoms with van der Waals surface area (Å²) in [4.78, 5) is 15.5. The SMILES string of the molecule is CCCC/N=C(/CC)CC(=O)CC. The average molecular weight is 183 g/mol. The molecule has 76 valence electrons. The summed E-state index contributed by atoms with van der Waals surface area (Å²) < 4.78 is 0. The second kappa shape index (κ2) is 7.96. The molecule has 0 fully saturated rings. The molecule has 0 aliphatic rings. The maximum atomic E-state index is 11.1. The van der Waals surface area contributed by atoms with E-state index in [1.165, 1.54) is 6.42 Å². The van der Waals surface area contributed by atoms with Crippen molar-refractivity contribution in [2.24, 2.45) is 4.99 Å². The number of unbranched alkanes of at least 4 members (excludes halogenated alkanes) is 1. The third-order valence-electron chi connectivity index (χ3n) is 2.05. The van der Waals surface area contributed by atoms with Gasteiger partial charge in [-0.05, 0) is 12.8 Å². The van der Waals surface area contributed by atoms with Crippen molar-refractivity contribution in [3.8, 4) is 0 Å². The zero-order valence-corrected chi connectivity index (χ0v) is 9.10. The molecule has 0 saturated heterocycles. The number of hydrogen-bond acceptors (Lipinski definition) is 2. The van der Waals surface area contributed by atoms with Gasteiger partial charge < -0.3 is 0 Å². The van der Waals surface area contributed by atoms with Gasteiger partial charge in [-0.2, -0.15) is 0 Å². The van der Waals surface area contributed by atoms with Gasteiger partial charge in [-0.15, -0.1) is 0 Å². The van der Waals surface area contributed by atoms with Crippen LogP contribution in [0.3, 0.4) is 0 Å². The number of hydrogen-bond donors (Lipinski definition) is 0. The molecule has 0 unspecified atom stereocenters. The first-order chi connectivity index (χ1) is 6.24. The Balaban J connectivity index is 3.86. The first-order valence-electron chi connectivity index (χ1n) is 5.28. The van der Waals surface area contributed by atoms with Crippen molar-refractivity contribution in [1.82, 2.24) is 0 Å². The molecule has 0 atom stereocenters. The summed E-state index contributed by atoms with van der Waals surface area (Å²) in [6.45, 7) is 7.00. The van der Waals surface area contributed by atoms with Gasteiger partial charge in [0.2, 0.25) is 0 Å².